The Morgan fingerprint density at radius 3 is 1.76 bits per heavy atom. The summed E-state index contributed by atoms with van der Waals surface area (Å²) in [5, 5.41) is 0.775. The van der Waals surface area contributed by atoms with Crippen molar-refractivity contribution in [3.05, 3.63) is 59.7 Å². The van der Waals surface area contributed by atoms with Crippen molar-refractivity contribution in [3.8, 4) is 5.75 Å². The lowest BCUT2D eigenvalue weighted by Crippen LogP contribution is -2.00. The van der Waals surface area contributed by atoms with Crippen LogP contribution in [0.1, 0.15) is 37.8 Å². The van der Waals surface area contributed by atoms with Gasteiger partial charge in [0.2, 0.25) is 0 Å². The summed E-state index contributed by atoms with van der Waals surface area (Å²) in [4.78, 5) is 0. The van der Waals surface area contributed by atoms with E-state index in [1.165, 1.54) is 11.1 Å². The summed E-state index contributed by atoms with van der Waals surface area (Å²) >= 11 is 0. The number of hydrogen-bond donors (Lipinski definition) is 0. The average Bonchev–Trinajstić information content (AvgIpc) is 2.50. The maximum atomic E-state index is 12.3. The second kappa shape index (κ2) is 8.05. The van der Waals surface area contributed by atoms with Gasteiger partial charge in [0, 0.05) is 5.30 Å². The van der Waals surface area contributed by atoms with E-state index in [0.29, 0.717) is 5.75 Å². The minimum atomic E-state index is -2.23. The van der Waals surface area contributed by atoms with E-state index in [-0.39, 0.29) is 0 Å². The molecule has 2 rings (SSSR count). The van der Waals surface area contributed by atoms with Gasteiger partial charge in [-0.15, -0.1) is 0 Å². The molecule has 3 heteroatoms. The molecule has 0 heterocycles. The van der Waals surface area contributed by atoms with Gasteiger partial charge in [-0.2, -0.15) is 0 Å². The van der Waals surface area contributed by atoms with Gasteiger partial charge in [-0.25, -0.2) is 0 Å². The third-order valence-electron chi connectivity index (χ3n) is 3.40. The van der Waals surface area contributed by atoms with Crippen molar-refractivity contribution >= 4 is 13.3 Å². The van der Waals surface area contributed by atoms with Crippen LogP contribution in [-0.2, 0) is 17.4 Å². The Hall–Kier alpha value is -1.53. The van der Waals surface area contributed by atoms with Gasteiger partial charge in [0.25, 0.3) is 8.03 Å². The Kier molecular flexibility index (Phi) is 6.07. The smallest absolute Gasteiger partial charge is 0.265 e. The fourth-order valence-corrected chi connectivity index (χ4v) is 3.18. The lowest BCUT2D eigenvalue weighted by Gasteiger charge is -2.08. The maximum absolute atomic E-state index is 12.3. The van der Waals surface area contributed by atoms with Crippen LogP contribution in [0, 0.1) is 0 Å². The molecule has 1 unspecified atom stereocenters. The molecular formula is C18H23O2P. The quantitative estimate of drug-likeness (QED) is 0.689. The van der Waals surface area contributed by atoms with Gasteiger partial charge in [0.15, 0.2) is 0 Å². The molecule has 1 atom stereocenters. The van der Waals surface area contributed by atoms with E-state index >= 15 is 0 Å². The molecular weight excluding hydrogens is 279 g/mol. The third-order valence-corrected chi connectivity index (χ3v) is 4.63. The van der Waals surface area contributed by atoms with Crippen molar-refractivity contribution in [2.45, 2.75) is 39.5 Å². The molecule has 2 aromatic rings. The topological polar surface area (TPSA) is 26.3 Å². The average molecular weight is 302 g/mol. The van der Waals surface area contributed by atoms with Crippen LogP contribution in [0.15, 0.2) is 48.5 Å². The van der Waals surface area contributed by atoms with Crippen molar-refractivity contribution in [1.82, 2.24) is 0 Å². The summed E-state index contributed by atoms with van der Waals surface area (Å²) in [7, 11) is -2.23. The lowest BCUT2D eigenvalue weighted by atomic mass is 10.1. The highest BCUT2D eigenvalue weighted by Gasteiger charge is 2.06. The number of rotatable bonds is 7. The minimum absolute atomic E-state index is 0.677. The molecule has 0 aromatic heterocycles. The summed E-state index contributed by atoms with van der Waals surface area (Å²) in [6.07, 6.45) is 4.37. The highest BCUT2D eigenvalue weighted by atomic mass is 31.1. The van der Waals surface area contributed by atoms with Crippen LogP contribution >= 0.6 is 8.03 Å². The normalized spacial score (nSPS) is 12.1. The Balaban J connectivity index is 2.00. The molecule has 0 aliphatic rings. The Morgan fingerprint density at radius 1 is 0.810 bits per heavy atom. The van der Waals surface area contributed by atoms with Gasteiger partial charge < -0.3 is 4.52 Å². The lowest BCUT2D eigenvalue weighted by molar-refractivity contribution is 0.514. The van der Waals surface area contributed by atoms with Crippen molar-refractivity contribution < 1.29 is 9.09 Å². The molecule has 2 nitrogen and oxygen atoms in total. The first kappa shape index (κ1) is 15.9. The third kappa shape index (κ3) is 4.75. The van der Waals surface area contributed by atoms with E-state index in [4.69, 9.17) is 4.52 Å². The van der Waals surface area contributed by atoms with Crippen LogP contribution < -0.4 is 9.83 Å². The van der Waals surface area contributed by atoms with Gasteiger partial charge in [-0.3, -0.25) is 4.57 Å². The van der Waals surface area contributed by atoms with Crippen LogP contribution in [-0.4, -0.2) is 0 Å². The molecule has 0 spiro atoms. The Bertz CT molecular complexity index is 573. The molecule has 0 saturated carbocycles. The van der Waals surface area contributed by atoms with Crippen molar-refractivity contribution in [1.29, 1.82) is 0 Å². The van der Waals surface area contributed by atoms with Gasteiger partial charge in [0.05, 0.1) is 0 Å². The molecule has 112 valence electrons. The van der Waals surface area contributed by atoms with Crippen LogP contribution in [0.3, 0.4) is 0 Å². The molecule has 21 heavy (non-hydrogen) atoms. The molecule has 0 saturated heterocycles. The Labute approximate surface area is 128 Å². The van der Waals surface area contributed by atoms with E-state index in [9.17, 15) is 4.57 Å². The van der Waals surface area contributed by atoms with Crippen molar-refractivity contribution in [3.63, 3.8) is 0 Å². The highest BCUT2D eigenvalue weighted by Crippen LogP contribution is 2.26. The molecule has 0 radical (unpaired) electrons. The zero-order valence-corrected chi connectivity index (χ0v) is 13.8. The molecule has 0 N–H and O–H groups in total. The van der Waals surface area contributed by atoms with Crippen molar-refractivity contribution in [2.75, 3.05) is 0 Å². The van der Waals surface area contributed by atoms with E-state index in [1.807, 2.05) is 48.5 Å². The van der Waals surface area contributed by atoms with Crippen LogP contribution in [0.25, 0.3) is 0 Å². The second-order valence-corrected chi connectivity index (χ2v) is 6.59. The predicted octanol–water partition coefficient (Wildman–Crippen LogP) is 4.77. The molecule has 0 amide bonds. The number of hydrogen-bond acceptors (Lipinski definition) is 2. The first-order valence-electron chi connectivity index (χ1n) is 7.63. The summed E-state index contributed by atoms with van der Waals surface area (Å²) < 4.78 is 17.8. The van der Waals surface area contributed by atoms with E-state index < -0.39 is 8.03 Å². The fourth-order valence-electron chi connectivity index (χ4n) is 2.27. The zero-order chi connectivity index (χ0) is 15.1. The Morgan fingerprint density at radius 2 is 1.29 bits per heavy atom. The standard InChI is InChI=1S/C18H23O2P/c1-3-5-15-7-11-17(12-8-15)20-21(19)18-13-9-16(6-4-2)10-14-18/h7-14,21H,3-6H2,1-2H3. The zero-order valence-electron chi connectivity index (χ0n) is 12.8. The van der Waals surface area contributed by atoms with E-state index in [2.05, 4.69) is 13.8 Å². The van der Waals surface area contributed by atoms with E-state index in [1.54, 1.807) is 0 Å². The monoisotopic (exact) mass is 302 g/mol. The van der Waals surface area contributed by atoms with Crippen molar-refractivity contribution in [2.24, 2.45) is 0 Å². The van der Waals surface area contributed by atoms with Gasteiger partial charge in [-0.05, 0) is 48.2 Å². The molecule has 0 fully saturated rings. The molecule has 0 bridgehead atoms. The molecule has 2 aromatic carbocycles. The largest absolute Gasteiger partial charge is 0.442 e. The van der Waals surface area contributed by atoms with Crippen LogP contribution in [0.2, 0.25) is 0 Å². The summed E-state index contributed by atoms with van der Waals surface area (Å²) in [5.74, 6) is 0.677. The first-order valence-corrected chi connectivity index (χ1v) is 8.94. The van der Waals surface area contributed by atoms with Gasteiger partial charge >= 0.3 is 0 Å². The van der Waals surface area contributed by atoms with Crippen LogP contribution in [0.4, 0.5) is 0 Å². The SMILES string of the molecule is CCCc1ccc(O[PH](=O)c2ccc(CCC)cc2)cc1. The second-order valence-electron chi connectivity index (χ2n) is 5.23. The minimum Gasteiger partial charge on any atom is -0.442 e. The summed E-state index contributed by atoms with van der Waals surface area (Å²) in [5.41, 5.74) is 2.56. The van der Waals surface area contributed by atoms with Gasteiger partial charge in [-0.1, -0.05) is 51.0 Å². The number of aryl methyl sites for hydroxylation is 2. The van der Waals surface area contributed by atoms with Crippen LogP contribution in [0.5, 0.6) is 5.75 Å². The summed E-state index contributed by atoms with van der Waals surface area (Å²) in [6, 6.07) is 15.8. The van der Waals surface area contributed by atoms with E-state index in [0.717, 1.165) is 31.0 Å². The maximum Gasteiger partial charge on any atom is 0.265 e. The molecule has 0 aliphatic heterocycles. The number of benzene rings is 2. The predicted molar refractivity (Wildman–Crippen MR) is 90.1 cm³/mol. The molecule has 0 aliphatic carbocycles. The summed E-state index contributed by atoms with van der Waals surface area (Å²) in [6.45, 7) is 4.31. The highest BCUT2D eigenvalue weighted by molar-refractivity contribution is 7.48. The first-order chi connectivity index (χ1) is 10.2. The van der Waals surface area contributed by atoms with Gasteiger partial charge in [0.1, 0.15) is 5.75 Å². The fraction of sp³-hybridized carbons (Fsp3) is 0.333.